The van der Waals surface area contributed by atoms with Crippen molar-refractivity contribution in [1.29, 1.82) is 0 Å². The van der Waals surface area contributed by atoms with Crippen LogP contribution in [0, 0.1) is 31.6 Å². The van der Waals surface area contributed by atoms with E-state index in [0.29, 0.717) is 0 Å². The van der Waals surface area contributed by atoms with Crippen LogP contribution < -0.4 is 5.43 Å². The number of anilines is 1. The van der Waals surface area contributed by atoms with Crippen LogP contribution in [0.15, 0.2) is 23.3 Å². The molecule has 12 nitrogen and oxygen atoms in total. The van der Waals surface area contributed by atoms with Crippen molar-refractivity contribution in [3.05, 3.63) is 38.4 Å². The minimum atomic E-state index is -1.79. The average molecular weight is 368 g/mol. The van der Waals surface area contributed by atoms with Crippen LogP contribution in [-0.4, -0.2) is 37.7 Å². The molecule has 0 aliphatic rings. The first kappa shape index (κ1) is 20.5. The van der Waals surface area contributed by atoms with E-state index in [1.165, 1.54) is 20.8 Å². The molecule has 0 spiro atoms. The summed E-state index contributed by atoms with van der Waals surface area (Å²) in [7, 11) is 0. The van der Waals surface area contributed by atoms with Crippen molar-refractivity contribution < 1.29 is 29.6 Å². The Kier molecular flexibility index (Phi) is 5.94. The lowest BCUT2D eigenvalue weighted by Gasteiger charge is -2.28. The minimum Gasteiger partial charge on any atom is -0.481 e. The van der Waals surface area contributed by atoms with E-state index in [-0.39, 0.29) is 11.4 Å². The smallest absolute Gasteiger partial charge is 0.318 e. The van der Waals surface area contributed by atoms with Gasteiger partial charge in [-0.25, -0.2) is 0 Å². The monoisotopic (exact) mass is 368 g/mol. The van der Waals surface area contributed by atoms with E-state index < -0.39 is 44.5 Å². The molecule has 12 heteroatoms. The van der Waals surface area contributed by atoms with E-state index in [2.05, 4.69) is 10.5 Å². The Bertz CT molecular complexity index is 788. The molecule has 1 aromatic carbocycles. The summed E-state index contributed by atoms with van der Waals surface area (Å²) in [6.45, 7) is 4.07. The number of rotatable bonds is 8. The molecule has 0 bridgehead atoms. The maximum absolute atomic E-state index is 11.2. The van der Waals surface area contributed by atoms with Crippen LogP contribution in [0.5, 0.6) is 0 Å². The largest absolute Gasteiger partial charge is 0.481 e. The third kappa shape index (κ3) is 4.28. The molecule has 0 saturated carbocycles. The first-order chi connectivity index (χ1) is 11.9. The molecule has 0 atom stereocenters. The average Bonchev–Trinajstić information content (AvgIpc) is 2.50. The molecule has 0 saturated heterocycles. The minimum absolute atomic E-state index is 0.0555. The molecule has 0 aliphatic heterocycles. The van der Waals surface area contributed by atoms with Crippen LogP contribution in [0.2, 0.25) is 0 Å². The summed E-state index contributed by atoms with van der Waals surface area (Å²) in [6, 6.07) is 2.85. The van der Waals surface area contributed by atoms with Gasteiger partial charge in [-0.1, -0.05) is 13.8 Å². The lowest BCUT2D eigenvalue weighted by Crippen LogP contribution is -2.42. The number of nitro groups is 2. The van der Waals surface area contributed by atoms with E-state index in [0.717, 1.165) is 18.2 Å². The Labute approximate surface area is 146 Å². The molecule has 0 heterocycles. The molecule has 0 amide bonds. The number of nitrogens with zero attached hydrogens (tertiary/aromatic N) is 3. The molecule has 0 aromatic heterocycles. The number of non-ortho nitro benzene ring substituents is 1. The van der Waals surface area contributed by atoms with Gasteiger partial charge in [-0.2, -0.15) is 5.10 Å². The lowest BCUT2D eigenvalue weighted by molar-refractivity contribution is -0.393. The zero-order chi connectivity index (χ0) is 20.2. The van der Waals surface area contributed by atoms with E-state index in [1.807, 2.05) is 0 Å². The fraction of sp³-hybridized carbons (Fsp3) is 0.357. The Morgan fingerprint density at radius 2 is 1.69 bits per heavy atom. The summed E-state index contributed by atoms with van der Waals surface area (Å²) in [5, 5.41) is 43.8. The van der Waals surface area contributed by atoms with Crippen LogP contribution in [-0.2, 0) is 9.59 Å². The predicted octanol–water partition coefficient (Wildman–Crippen LogP) is 2.10. The Morgan fingerprint density at radius 1 is 1.15 bits per heavy atom. The zero-order valence-electron chi connectivity index (χ0n) is 14.0. The van der Waals surface area contributed by atoms with Gasteiger partial charge in [-0.15, -0.1) is 0 Å². The summed E-state index contributed by atoms with van der Waals surface area (Å²) >= 11 is 0. The van der Waals surface area contributed by atoms with Crippen LogP contribution in [0.3, 0.4) is 0 Å². The number of benzene rings is 1. The summed E-state index contributed by atoms with van der Waals surface area (Å²) in [6.07, 6.45) is 0. The molecule has 0 unspecified atom stereocenters. The third-order valence-electron chi connectivity index (χ3n) is 3.88. The highest BCUT2D eigenvalue weighted by Crippen LogP contribution is 2.32. The highest BCUT2D eigenvalue weighted by Gasteiger charge is 2.43. The standard InChI is InChI=1S/C14H16N4O8/c1-7(14(2,3)11(12(19)20)13(21)22)15-16-9-5-4-8(17(23)24)6-10(9)18(25)26/h4-6,11,16H,1-3H3,(H,19,20)(H,21,22). The highest BCUT2D eigenvalue weighted by molar-refractivity contribution is 6.02. The second-order valence-corrected chi connectivity index (χ2v) is 5.86. The topological polar surface area (TPSA) is 185 Å². The van der Waals surface area contributed by atoms with Crippen molar-refractivity contribution in [3.8, 4) is 0 Å². The number of nitrogens with one attached hydrogen (secondary N) is 1. The Hall–Kier alpha value is -3.57. The number of aliphatic carboxylic acids is 2. The Morgan fingerprint density at radius 3 is 2.12 bits per heavy atom. The molecule has 3 N–H and O–H groups in total. The predicted molar refractivity (Wildman–Crippen MR) is 89.0 cm³/mol. The quantitative estimate of drug-likeness (QED) is 0.267. The summed E-state index contributed by atoms with van der Waals surface area (Å²) in [4.78, 5) is 42.5. The van der Waals surface area contributed by atoms with E-state index in [9.17, 15) is 29.8 Å². The fourth-order valence-electron chi connectivity index (χ4n) is 2.10. The first-order valence-corrected chi connectivity index (χ1v) is 7.08. The van der Waals surface area contributed by atoms with Crippen molar-refractivity contribution in [2.45, 2.75) is 20.8 Å². The van der Waals surface area contributed by atoms with Crippen molar-refractivity contribution in [3.63, 3.8) is 0 Å². The van der Waals surface area contributed by atoms with Gasteiger partial charge in [0.2, 0.25) is 0 Å². The summed E-state index contributed by atoms with van der Waals surface area (Å²) in [5.41, 5.74) is -0.288. The zero-order valence-corrected chi connectivity index (χ0v) is 14.0. The van der Waals surface area contributed by atoms with Crippen molar-refractivity contribution in [2.24, 2.45) is 16.4 Å². The molecule has 1 aromatic rings. The molecule has 140 valence electrons. The number of carbonyl (C=O) groups is 2. The van der Waals surface area contributed by atoms with Gasteiger partial charge in [0.05, 0.1) is 15.9 Å². The molecular weight excluding hydrogens is 352 g/mol. The van der Waals surface area contributed by atoms with Crippen LogP contribution in [0.25, 0.3) is 0 Å². The highest BCUT2D eigenvalue weighted by atomic mass is 16.6. The molecule has 0 fully saturated rings. The fourth-order valence-corrected chi connectivity index (χ4v) is 2.10. The normalized spacial score (nSPS) is 11.9. The van der Waals surface area contributed by atoms with Gasteiger partial charge in [0.1, 0.15) is 5.69 Å². The first-order valence-electron chi connectivity index (χ1n) is 7.08. The summed E-state index contributed by atoms with van der Waals surface area (Å²) < 4.78 is 0. The molecular formula is C14H16N4O8. The van der Waals surface area contributed by atoms with Gasteiger partial charge in [0.15, 0.2) is 5.92 Å². The van der Waals surface area contributed by atoms with Gasteiger partial charge < -0.3 is 10.2 Å². The number of nitro benzene ring substituents is 2. The van der Waals surface area contributed by atoms with Crippen LogP contribution in [0.1, 0.15) is 20.8 Å². The molecule has 1 rings (SSSR count). The number of carboxylic acids is 2. The maximum Gasteiger partial charge on any atom is 0.318 e. The molecule has 0 aliphatic carbocycles. The summed E-state index contributed by atoms with van der Waals surface area (Å²) in [5.74, 6) is -4.91. The SMILES string of the molecule is CC(=NNc1ccc([N+](=O)[O-])cc1[N+](=O)[O-])C(C)(C)C(C(=O)O)C(=O)O. The van der Waals surface area contributed by atoms with Gasteiger partial charge >= 0.3 is 17.6 Å². The molecule has 26 heavy (non-hydrogen) atoms. The van der Waals surface area contributed by atoms with Crippen LogP contribution in [0.4, 0.5) is 17.1 Å². The second kappa shape index (κ2) is 7.55. The lowest BCUT2D eigenvalue weighted by atomic mass is 9.75. The number of hydrogen-bond acceptors (Lipinski definition) is 8. The third-order valence-corrected chi connectivity index (χ3v) is 3.88. The van der Waals surface area contributed by atoms with Crippen molar-refractivity contribution >= 4 is 34.7 Å². The van der Waals surface area contributed by atoms with Gasteiger partial charge in [-0.3, -0.25) is 35.2 Å². The van der Waals surface area contributed by atoms with Gasteiger partial charge in [0, 0.05) is 17.2 Å². The van der Waals surface area contributed by atoms with E-state index in [1.54, 1.807) is 0 Å². The van der Waals surface area contributed by atoms with Gasteiger partial charge in [-0.05, 0) is 13.0 Å². The Balaban J connectivity index is 3.23. The van der Waals surface area contributed by atoms with E-state index in [4.69, 9.17) is 10.2 Å². The maximum atomic E-state index is 11.2. The number of hydrazone groups is 1. The van der Waals surface area contributed by atoms with E-state index >= 15 is 0 Å². The van der Waals surface area contributed by atoms with Crippen LogP contribution >= 0.6 is 0 Å². The second-order valence-electron chi connectivity index (χ2n) is 5.86. The number of carboxylic acid groups (broad SMARTS) is 2. The van der Waals surface area contributed by atoms with Gasteiger partial charge in [0.25, 0.3) is 5.69 Å². The number of hydrogen-bond donors (Lipinski definition) is 3. The van der Waals surface area contributed by atoms with Crippen molar-refractivity contribution in [1.82, 2.24) is 0 Å². The van der Waals surface area contributed by atoms with Crippen molar-refractivity contribution in [2.75, 3.05) is 5.43 Å². The molecule has 0 radical (unpaired) electrons.